The minimum atomic E-state index is -0.841. The first-order valence-electron chi connectivity index (χ1n) is 11.7. The number of furan rings is 1. The van der Waals surface area contributed by atoms with Gasteiger partial charge in [0, 0.05) is 20.4 Å². The van der Waals surface area contributed by atoms with Crippen LogP contribution in [0.3, 0.4) is 0 Å². The number of rotatable bonds is 7. The molecule has 3 aromatic carbocycles. The third-order valence-electron chi connectivity index (χ3n) is 5.66. The molecule has 0 spiro atoms. The summed E-state index contributed by atoms with van der Waals surface area (Å²) in [6.07, 6.45) is 0.630. The van der Waals surface area contributed by atoms with Gasteiger partial charge in [0.2, 0.25) is 5.82 Å². The van der Waals surface area contributed by atoms with Gasteiger partial charge in [-0.1, -0.05) is 39.7 Å². The van der Waals surface area contributed by atoms with E-state index in [0.29, 0.717) is 38.6 Å². The van der Waals surface area contributed by atoms with Gasteiger partial charge in [0.1, 0.15) is 11.3 Å². The van der Waals surface area contributed by atoms with Crippen molar-refractivity contribution in [1.29, 1.82) is 0 Å². The Morgan fingerprint density at radius 3 is 2.82 bits per heavy atom. The van der Waals surface area contributed by atoms with Crippen molar-refractivity contribution >= 4 is 61.6 Å². The van der Waals surface area contributed by atoms with E-state index in [9.17, 15) is 9.59 Å². The van der Waals surface area contributed by atoms with Crippen LogP contribution in [0.1, 0.15) is 19.4 Å². The monoisotopic (exact) mass is 593 g/mol. The average Bonchev–Trinajstić information content (AvgIpc) is 3.32. The number of nitrogens with zero attached hydrogens (tertiary/aromatic N) is 3. The Bertz CT molecular complexity index is 1760. The van der Waals surface area contributed by atoms with Crippen LogP contribution in [0.4, 0.5) is 0 Å². The molecule has 192 valence electrons. The molecule has 0 amide bonds. The van der Waals surface area contributed by atoms with Crippen molar-refractivity contribution in [1.82, 2.24) is 9.66 Å². The Morgan fingerprint density at radius 1 is 1.18 bits per heavy atom. The first kappa shape index (κ1) is 25.7. The van der Waals surface area contributed by atoms with Crippen molar-refractivity contribution in [2.75, 3.05) is 6.61 Å². The van der Waals surface area contributed by atoms with Gasteiger partial charge in [0.25, 0.3) is 5.56 Å². The predicted molar refractivity (Wildman–Crippen MR) is 150 cm³/mol. The quantitative estimate of drug-likeness (QED) is 0.159. The fourth-order valence-corrected chi connectivity index (χ4v) is 4.42. The summed E-state index contributed by atoms with van der Waals surface area (Å²) in [6, 6.07) is 19.3. The lowest BCUT2D eigenvalue weighted by atomic mass is 10.2. The number of carbonyl (C=O) groups excluding carboxylic acids is 1. The highest BCUT2D eigenvalue weighted by atomic mass is 79.9. The molecular formula is C28H21BrClN3O5. The van der Waals surface area contributed by atoms with Crippen molar-refractivity contribution < 1.29 is 18.7 Å². The Morgan fingerprint density at radius 2 is 2.00 bits per heavy atom. The maximum absolute atomic E-state index is 13.5. The maximum atomic E-state index is 13.5. The number of fused-ring (bicyclic) bond motifs is 2. The summed E-state index contributed by atoms with van der Waals surface area (Å²) in [5.74, 6) is 0.471. The number of para-hydroxylation sites is 1. The number of ether oxygens (including phenoxy) is 2. The minimum absolute atomic E-state index is 0.217. The van der Waals surface area contributed by atoms with Crippen LogP contribution in [0.25, 0.3) is 33.5 Å². The van der Waals surface area contributed by atoms with Crippen molar-refractivity contribution in [3.63, 3.8) is 0 Å². The molecule has 1 atom stereocenters. The molecule has 10 heteroatoms. The van der Waals surface area contributed by atoms with Crippen LogP contribution < -0.4 is 10.3 Å². The van der Waals surface area contributed by atoms with E-state index in [0.717, 1.165) is 9.86 Å². The zero-order chi connectivity index (χ0) is 26.8. The van der Waals surface area contributed by atoms with Gasteiger partial charge in [-0.15, -0.1) is 0 Å². The number of hydrogen-bond donors (Lipinski definition) is 0. The summed E-state index contributed by atoms with van der Waals surface area (Å²) in [5.41, 5.74) is 1.25. The molecule has 2 heterocycles. The third-order valence-corrected chi connectivity index (χ3v) is 6.39. The second-order valence-electron chi connectivity index (χ2n) is 8.30. The molecule has 2 aromatic heterocycles. The van der Waals surface area contributed by atoms with E-state index in [-0.39, 0.29) is 18.0 Å². The van der Waals surface area contributed by atoms with E-state index in [2.05, 4.69) is 26.0 Å². The lowest BCUT2D eigenvalue weighted by molar-refractivity contribution is -0.150. The predicted octanol–water partition coefficient (Wildman–Crippen LogP) is 6.44. The van der Waals surface area contributed by atoms with Crippen molar-refractivity contribution in [3.8, 4) is 17.3 Å². The molecule has 0 unspecified atom stereocenters. The topological polar surface area (TPSA) is 95.9 Å². The molecular weight excluding hydrogens is 574 g/mol. The van der Waals surface area contributed by atoms with E-state index in [4.69, 9.17) is 25.5 Å². The van der Waals surface area contributed by atoms with Gasteiger partial charge in [-0.05, 0) is 68.4 Å². The molecule has 0 fully saturated rings. The molecule has 0 aliphatic rings. The Balaban J connectivity index is 1.63. The van der Waals surface area contributed by atoms with Crippen LogP contribution in [-0.2, 0) is 9.53 Å². The molecule has 0 aliphatic heterocycles. The van der Waals surface area contributed by atoms with Crippen LogP contribution in [-0.4, -0.2) is 34.6 Å². The van der Waals surface area contributed by atoms with E-state index < -0.39 is 12.1 Å². The maximum Gasteiger partial charge on any atom is 0.347 e. The molecule has 5 rings (SSSR count). The van der Waals surface area contributed by atoms with Gasteiger partial charge in [-0.2, -0.15) is 9.78 Å². The third kappa shape index (κ3) is 5.20. The van der Waals surface area contributed by atoms with Crippen LogP contribution in [0, 0.1) is 0 Å². The zero-order valence-corrected chi connectivity index (χ0v) is 22.7. The fourth-order valence-electron chi connectivity index (χ4n) is 3.86. The van der Waals surface area contributed by atoms with E-state index in [1.807, 2.05) is 0 Å². The smallest absolute Gasteiger partial charge is 0.347 e. The van der Waals surface area contributed by atoms with Gasteiger partial charge in [-0.3, -0.25) is 4.79 Å². The summed E-state index contributed by atoms with van der Waals surface area (Å²) in [4.78, 5) is 30.3. The second kappa shape index (κ2) is 10.8. The lowest BCUT2D eigenvalue weighted by Crippen LogP contribution is -2.26. The summed E-state index contributed by atoms with van der Waals surface area (Å²) in [6.45, 7) is 3.58. The molecule has 5 aromatic rings. The molecule has 8 nitrogen and oxygen atoms in total. The van der Waals surface area contributed by atoms with Gasteiger partial charge >= 0.3 is 5.97 Å². The minimum Gasteiger partial charge on any atom is -0.478 e. The van der Waals surface area contributed by atoms with E-state index in [1.54, 1.807) is 80.6 Å². The normalized spacial score (nSPS) is 12.3. The first-order chi connectivity index (χ1) is 18.3. The number of aromatic nitrogens is 2. The van der Waals surface area contributed by atoms with Crippen molar-refractivity contribution in [2.45, 2.75) is 20.0 Å². The Kier molecular flexibility index (Phi) is 7.31. The van der Waals surface area contributed by atoms with Gasteiger partial charge in [0.05, 0.1) is 23.7 Å². The average molecular weight is 595 g/mol. The number of halogens is 2. The summed E-state index contributed by atoms with van der Waals surface area (Å²) in [7, 11) is 0. The van der Waals surface area contributed by atoms with Crippen LogP contribution >= 0.6 is 27.5 Å². The number of esters is 1. The summed E-state index contributed by atoms with van der Waals surface area (Å²) in [5, 5.41) is 6.22. The highest BCUT2D eigenvalue weighted by Crippen LogP contribution is 2.29. The van der Waals surface area contributed by atoms with Gasteiger partial charge in [-0.25, -0.2) is 9.78 Å². The largest absolute Gasteiger partial charge is 0.478 e. The highest BCUT2D eigenvalue weighted by molar-refractivity contribution is 9.10. The van der Waals surface area contributed by atoms with E-state index >= 15 is 0 Å². The molecule has 0 saturated carbocycles. The van der Waals surface area contributed by atoms with Crippen molar-refractivity contribution in [3.05, 3.63) is 92.1 Å². The fraction of sp³-hybridized carbons (Fsp3) is 0.143. The second-order valence-corrected chi connectivity index (χ2v) is 9.65. The molecule has 0 bridgehead atoms. The van der Waals surface area contributed by atoms with Gasteiger partial charge < -0.3 is 13.9 Å². The number of carbonyl (C=O) groups is 1. The lowest BCUT2D eigenvalue weighted by Gasteiger charge is -2.15. The Hall–Kier alpha value is -3.95. The van der Waals surface area contributed by atoms with E-state index in [1.165, 1.54) is 10.9 Å². The molecule has 38 heavy (non-hydrogen) atoms. The SMILES string of the molecule is CCOC(=O)[C@@H](C)Oc1ccc(Br)cc1C=Nn1c(-c2cc3cc(Cl)ccc3o2)nc2ccccc2c1=O. The molecule has 0 aliphatic carbocycles. The molecule has 0 N–H and O–H groups in total. The summed E-state index contributed by atoms with van der Waals surface area (Å²) >= 11 is 9.60. The van der Waals surface area contributed by atoms with Crippen molar-refractivity contribution in [2.24, 2.45) is 5.10 Å². The summed E-state index contributed by atoms with van der Waals surface area (Å²) < 4.78 is 18.8. The van der Waals surface area contributed by atoms with Crippen LogP contribution in [0.5, 0.6) is 5.75 Å². The zero-order valence-electron chi connectivity index (χ0n) is 20.4. The number of hydrogen-bond acceptors (Lipinski definition) is 7. The van der Waals surface area contributed by atoms with Gasteiger partial charge in [0.15, 0.2) is 11.9 Å². The Labute approximate surface area is 230 Å². The first-order valence-corrected chi connectivity index (χ1v) is 12.9. The molecule has 0 radical (unpaired) electrons. The van der Waals surface area contributed by atoms with Crippen LogP contribution in [0.15, 0.2) is 85.5 Å². The standard InChI is InChI=1S/C28H21BrClN3O5/c1-3-36-28(35)16(2)37-24-10-8-19(29)12-18(24)15-31-33-26(32-22-7-5-4-6-21(22)27(33)34)25-14-17-13-20(30)9-11-23(17)38-25/h4-16H,3H2,1-2H3/t16-/m1/s1. The molecule has 0 saturated heterocycles. The van der Waals surface area contributed by atoms with Crippen LogP contribution in [0.2, 0.25) is 5.02 Å². The number of benzene rings is 3. The highest BCUT2D eigenvalue weighted by Gasteiger charge is 2.19.